The highest BCUT2D eigenvalue weighted by Crippen LogP contribution is 2.34. The Morgan fingerprint density at radius 3 is 2.64 bits per heavy atom. The number of aliphatic hydroxyl groups is 2. The number of ether oxygens (including phenoxy) is 1. The lowest BCUT2D eigenvalue weighted by Gasteiger charge is -2.21. The normalized spacial score (nSPS) is 26.0. The molecule has 2 heterocycles. The number of rotatable bonds is 3. The number of aromatic nitrogens is 2. The molecule has 116 valence electrons. The van der Waals surface area contributed by atoms with Crippen LogP contribution in [0.15, 0.2) is 52.2 Å². The molecular formula is C15H16N2O5. The van der Waals surface area contributed by atoms with E-state index in [-0.39, 0.29) is 6.42 Å². The molecule has 1 saturated heterocycles. The van der Waals surface area contributed by atoms with Gasteiger partial charge in [-0.1, -0.05) is 30.3 Å². The van der Waals surface area contributed by atoms with E-state index in [1.807, 2.05) is 6.07 Å². The van der Waals surface area contributed by atoms with E-state index in [0.29, 0.717) is 5.56 Å². The SMILES string of the molecule is O=c1ccn([C@H]2C[C@H](O)[C@@H](C(O)c3ccccc3)O2)c(=O)[nH]1. The quantitative estimate of drug-likeness (QED) is 0.735. The van der Waals surface area contributed by atoms with Crippen molar-refractivity contribution in [2.24, 2.45) is 0 Å². The summed E-state index contributed by atoms with van der Waals surface area (Å²) in [6, 6.07) is 10.1. The van der Waals surface area contributed by atoms with E-state index in [0.717, 1.165) is 0 Å². The molecule has 7 heteroatoms. The molecule has 1 aromatic heterocycles. The lowest BCUT2D eigenvalue weighted by molar-refractivity contribution is -0.0848. The first-order valence-corrected chi connectivity index (χ1v) is 6.94. The molecule has 7 nitrogen and oxygen atoms in total. The predicted octanol–water partition coefficient (Wildman–Crippen LogP) is -0.0814. The molecule has 0 amide bonds. The van der Waals surface area contributed by atoms with Gasteiger partial charge in [0.05, 0.1) is 6.10 Å². The van der Waals surface area contributed by atoms with Crippen LogP contribution in [0.1, 0.15) is 24.3 Å². The van der Waals surface area contributed by atoms with Crippen molar-refractivity contribution in [2.75, 3.05) is 0 Å². The van der Waals surface area contributed by atoms with Crippen molar-refractivity contribution in [1.29, 1.82) is 0 Å². The summed E-state index contributed by atoms with van der Waals surface area (Å²) < 4.78 is 6.83. The maximum Gasteiger partial charge on any atom is 0.330 e. The Kier molecular flexibility index (Phi) is 3.93. The molecule has 3 N–H and O–H groups in total. The third-order valence-electron chi connectivity index (χ3n) is 3.75. The molecule has 0 radical (unpaired) electrons. The third-order valence-corrected chi connectivity index (χ3v) is 3.75. The number of nitrogens with one attached hydrogen (secondary N) is 1. The molecule has 0 saturated carbocycles. The van der Waals surface area contributed by atoms with Crippen LogP contribution >= 0.6 is 0 Å². The summed E-state index contributed by atoms with van der Waals surface area (Å²) >= 11 is 0. The Morgan fingerprint density at radius 1 is 1.23 bits per heavy atom. The first-order valence-electron chi connectivity index (χ1n) is 6.94. The molecular weight excluding hydrogens is 288 g/mol. The third kappa shape index (κ3) is 2.74. The van der Waals surface area contributed by atoms with Gasteiger partial charge < -0.3 is 14.9 Å². The monoisotopic (exact) mass is 304 g/mol. The minimum absolute atomic E-state index is 0.153. The number of nitrogens with zero attached hydrogens (tertiary/aromatic N) is 1. The Labute approximate surface area is 125 Å². The standard InChI is InChI=1S/C15H16N2O5/c18-10-8-12(17-7-6-11(19)16-15(17)21)22-14(10)13(20)9-4-2-1-3-5-9/h1-7,10,12-14,18,20H,8H2,(H,16,19,21)/t10-,12+,13?,14-/m0/s1. The first-order chi connectivity index (χ1) is 10.6. The highest BCUT2D eigenvalue weighted by Gasteiger charge is 2.40. The number of benzene rings is 1. The second kappa shape index (κ2) is 5.88. The van der Waals surface area contributed by atoms with Crippen LogP contribution in [0, 0.1) is 0 Å². The summed E-state index contributed by atoms with van der Waals surface area (Å²) in [4.78, 5) is 25.0. The van der Waals surface area contributed by atoms with Crippen molar-refractivity contribution < 1.29 is 14.9 Å². The van der Waals surface area contributed by atoms with E-state index >= 15 is 0 Å². The van der Waals surface area contributed by atoms with Crippen LogP contribution in [0.4, 0.5) is 0 Å². The average molecular weight is 304 g/mol. The molecule has 1 unspecified atom stereocenters. The Bertz CT molecular complexity index is 754. The molecule has 1 aromatic carbocycles. The van der Waals surface area contributed by atoms with Gasteiger partial charge in [-0.3, -0.25) is 14.3 Å². The second-order valence-corrected chi connectivity index (χ2v) is 5.23. The molecule has 3 rings (SSSR count). The van der Waals surface area contributed by atoms with Crippen LogP contribution in [-0.4, -0.2) is 32.0 Å². The van der Waals surface area contributed by atoms with E-state index in [4.69, 9.17) is 4.74 Å². The predicted molar refractivity (Wildman–Crippen MR) is 77.3 cm³/mol. The van der Waals surface area contributed by atoms with E-state index in [9.17, 15) is 19.8 Å². The maximum absolute atomic E-state index is 11.8. The van der Waals surface area contributed by atoms with Gasteiger partial charge in [0, 0.05) is 18.7 Å². The molecule has 22 heavy (non-hydrogen) atoms. The maximum atomic E-state index is 11.8. The lowest BCUT2D eigenvalue weighted by atomic mass is 10.0. The zero-order valence-corrected chi connectivity index (χ0v) is 11.6. The molecule has 1 aliphatic heterocycles. The van der Waals surface area contributed by atoms with Crippen LogP contribution in [0.2, 0.25) is 0 Å². The lowest BCUT2D eigenvalue weighted by Crippen LogP contribution is -2.32. The van der Waals surface area contributed by atoms with Gasteiger partial charge in [-0.15, -0.1) is 0 Å². The van der Waals surface area contributed by atoms with Crippen molar-refractivity contribution in [3.05, 3.63) is 69.0 Å². The summed E-state index contributed by atoms with van der Waals surface area (Å²) in [6.45, 7) is 0. The molecule has 0 bridgehead atoms. The molecule has 1 fully saturated rings. The van der Waals surface area contributed by atoms with Gasteiger partial charge in [-0.2, -0.15) is 0 Å². The Morgan fingerprint density at radius 2 is 1.95 bits per heavy atom. The first kappa shape index (κ1) is 14.7. The average Bonchev–Trinajstić information content (AvgIpc) is 2.89. The fourth-order valence-electron chi connectivity index (χ4n) is 2.63. The number of H-pyrrole nitrogens is 1. The van der Waals surface area contributed by atoms with Gasteiger partial charge in [0.1, 0.15) is 18.4 Å². The highest BCUT2D eigenvalue weighted by molar-refractivity contribution is 5.19. The fourth-order valence-corrected chi connectivity index (χ4v) is 2.63. The molecule has 0 spiro atoms. The summed E-state index contributed by atoms with van der Waals surface area (Å²) in [5.41, 5.74) is -0.485. The van der Waals surface area contributed by atoms with Crippen molar-refractivity contribution in [3.63, 3.8) is 0 Å². The van der Waals surface area contributed by atoms with Gasteiger partial charge in [0.15, 0.2) is 0 Å². The highest BCUT2D eigenvalue weighted by atomic mass is 16.5. The number of hydrogen-bond acceptors (Lipinski definition) is 5. The molecule has 1 aliphatic rings. The second-order valence-electron chi connectivity index (χ2n) is 5.23. The van der Waals surface area contributed by atoms with Crippen LogP contribution < -0.4 is 11.2 Å². The van der Waals surface area contributed by atoms with Gasteiger partial charge in [-0.25, -0.2) is 4.79 Å². The van der Waals surface area contributed by atoms with E-state index in [1.165, 1.54) is 16.8 Å². The van der Waals surface area contributed by atoms with E-state index in [2.05, 4.69) is 4.98 Å². The number of hydrogen-bond donors (Lipinski definition) is 3. The topological polar surface area (TPSA) is 105 Å². The summed E-state index contributed by atoms with van der Waals surface area (Å²) in [5.74, 6) is 0. The van der Waals surface area contributed by atoms with Gasteiger partial charge >= 0.3 is 5.69 Å². The van der Waals surface area contributed by atoms with Crippen LogP contribution in [0.25, 0.3) is 0 Å². The summed E-state index contributed by atoms with van der Waals surface area (Å²) in [5, 5.41) is 20.5. The fraction of sp³-hybridized carbons (Fsp3) is 0.333. The zero-order valence-electron chi connectivity index (χ0n) is 11.6. The van der Waals surface area contributed by atoms with Crippen molar-refractivity contribution in [3.8, 4) is 0 Å². The van der Waals surface area contributed by atoms with Gasteiger partial charge in [0.2, 0.25) is 0 Å². The van der Waals surface area contributed by atoms with Crippen molar-refractivity contribution in [1.82, 2.24) is 9.55 Å². The largest absolute Gasteiger partial charge is 0.390 e. The summed E-state index contributed by atoms with van der Waals surface area (Å²) in [7, 11) is 0. The van der Waals surface area contributed by atoms with Crippen LogP contribution in [-0.2, 0) is 4.74 Å². The van der Waals surface area contributed by atoms with E-state index < -0.39 is 35.8 Å². The Balaban J connectivity index is 1.83. The minimum Gasteiger partial charge on any atom is -0.390 e. The van der Waals surface area contributed by atoms with Crippen molar-refractivity contribution in [2.45, 2.75) is 31.0 Å². The van der Waals surface area contributed by atoms with E-state index in [1.54, 1.807) is 24.3 Å². The number of aromatic amines is 1. The molecule has 4 atom stereocenters. The number of aliphatic hydroxyl groups excluding tert-OH is 2. The van der Waals surface area contributed by atoms with Gasteiger partial charge in [-0.05, 0) is 5.56 Å². The smallest absolute Gasteiger partial charge is 0.330 e. The summed E-state index contributed by atoms with van der Waals surface area (Å²) in [6.07, 6.45) is -2.02. The minimum atomic E-state index is -1.00. The van der Waals surface area contributed by atoms with Crippen LogP contribution in [0.3, 0.4) is 0 Å². The zero-order chi connectivity index (χ0) is 15.7. The molecule has 2 aromatic rings. The van der Waals surface area contributed by atoms with Gasteiger partial charge in [0.25, 0.3) is 5.56 Å². The molecule has 0 aliphatic carbocycles. The van der Waals surface area contributed by atoms with Crippen LogP contribution in [0.5, 0.6) is 0 Å². The Hall–Kier alpha value is -2.22. The van der Waals surface area contributed by atoms with Crippen molar-refractivity contribution >= 4 is 0 Å².